The lowest BCUT2D eigenvalue weighted by Gasteiger charge is -2.19. The van der Waals surface area contributed by atoms with Gasteiger partial charge in [-0.25, -0.2) is 0 Å². The molecule has 1 saturated heterocycles. The first-order valence-electron chi connectivity index (χ1n) is 13.2. The van der Waals surface area contributed by atoms with Gasteiger partial charge in [0.25, 0.3) is 0 Å². The average Bonchev–Trinajstić information content (AvgIpc) is 3.10. The van der Waals surface area contributed by atoms with Crippen molar-refractivity contribution in [2.24, 2.45) is 5.92 Å². The van der Waals surface area contributed by atoms with Crippen molar-refractivity contribution in [3.63, 3.8) is 0 Å². The monoisotopic (exact) mass is 462 g/mol. The molecule has 0 aromatic heterocycles. The van der Waals surface area contributed by atoms with Crippen LogP contribution >= 0.6 is 11.6 Å². The maximum Gasteiger partial charge on any atom is 0.228 e. The Balaban J connectivity index is 0.000000578. The zero-order valence-electron chi connectivity index (χ0n) is 21.7. The molecular weight excluding hydrogens is 415 g/mol. The Hall–Kier alpha value is -1.09. The van der Waals surface area contributed by atoms with Gasteiger partial charge in [0, 0.05) is 17.4 Å². The van der Waals surface area contributed by atoms with Gasteiger partial charge in [-0.2, -0.15) is 0 Å². The third-order valence-electron chi connectivity index (χ3n) is 6.39. The predicted molar refractivity (Wildman–Crippen MR) is 143 cm³/mol. The summed E-state index contributed by atoms with van der Waals surface area (Å²) in [7, 11) is 0. The molecule has 2 nitrogen and oxygen atoms in total. The van der Waals surface area contributed by atoms with E-state index >= 15 is 0 Å². The molecule has 1 aliphatic rings. The van der Waals surface area contributed by atoms with Gasteiger partial charge in [0.15, 0.2) is 0 Å². The van der Waals surface area contributed by atoms with Crippen LogP contribution in [0.5, 0.6) is 0 Å². The minimum Gasteiger partial charge on any atom is -0.311 e. The Morgan fingerprint density at radius 3 is 1.66 bits per heavy atom. The van der Waals surface area contributed by atoms with E-state index in [-0.39, 0.29) is 29.9 Å². The molecule has 2 rings (SSSR count). The van der Waals surface area contributed by atoms with Crippen molar-refractivity contribution in [1.82, 2.24) is 0 Å². The molecule has 0 N–H and O–H groups in total. The summed E-state index contributed by atoms with van der Waals surface area (Å²) in [5.41, 5.74) is 1.22. The van der Waals surface area contributed by atoms with Crippen molar-refractivity contribution in [2.45, 2.75) is 124 Å². The van der Waals surface area contributed by atoms with Crippen molar-refractivity contribution < 1.29 is 9.59 Å². The SMILES string of the molecule is CB1C(=O)C[C@H](C(C)=O)C1c1ccc(Cl)cc1.CC.CCCCCCCCCCCCC. The van der Waals surface area contributed by atoms with Gasteiger partial charge in [-0.15, -0.1) is 0 Å². The van der Waals surface area contributed by atoms with Gasteiger partial charge in [-0.3, -0.25) is 4.79 Å². The summed E-state index contributed by atoms with van der Waals surface area (Å²) >= 11 is 5.85. The Morgan fingerprint density at radius 1 is 0.875 bits per heavy atom. The van der Waals surface area contributed by atoms with Gasteiger partial charge in [-0.05, 0) is 24.9 Å². The van der Waals surface area contributed by atoms with Gasteiger partial charge in [0.05, 0.1) is 5.68 Å². The normalized spacial score (nSPS) is 17.3. The minimum atomic E-state index is -0.168. The summed E-state index contributed by atoms with van der Waals surface area (Å²) in [5, 5.41) is 0.671. The summed E-state index contributed by atoms with van der Waals surface area (Å²) < 4.78 is 0. The molecule has 1 aromatic carbocycles. The van der Waals surface area contributed by atoms with Crippen molar-refractivity contribution in [1.29, 1.82) is 0 Å². The van der Waals surface area contributed by atoms with Gasteiger partial charge >= 0.3 is 0 Å². The van der Waals surface area contributed by atoms with Gasteiger partial charge < -0.3 is 4.79 Å². The van der Waals surface area contributed by atoms with Crippen LogP contribution in [-0.4, -0.2) is 18.2 Å². The molecule has 0 aliphatic carbocycles. The zero-order chi connectivity index (χ0) is 24.4. The van der Waals surface area contributed by atoms with E-state index in [4.69, 9.17) is 11.6 Å². The minimum absolute atomic E-state index is 0.0114. The smallest absolute Gasteiger partial charge is 0.228 e. The van der Waals surface area contributed by atoms with Crippen molar-refractivity contribution in [3.05, 3.63) is 34.9 Å². The number of hydrogen-bond donors (Lipinski definition) is 0. The zero-order valence-corrected chi connectivity index (χ0v) is 22.5. The second kappa shape index (κ2) is 19.4. The lowest BCUT2D eigenvalue weighted by Crippen LogP contribution is -2.25. The van der Waals surface area contributed by atoms with Crippen molar-refractivity contribution in [2.75, 3.05) is 0 Å². The molecule has 1 heterocycles. The van der Waals surface area contributed by atoms with E-state index in [0.717, 1.165) is 5.56 Å². The standard InChI is InChI=1S/C13H14BClO2.C13H28.C2H6/c1-8(16)11-7-12(17)14(2)13(11)9-3-5-10(15)6-4-9;1-3-5-7-9-11-13-12-10-8-6-4-2;1-2/h3-6,11,13H,7H2,1-2H3;3-13H2,1-2H3;1-2H3/t11-,13?;;/m1../s1. The third-order valence-corrected chi connectivity index (χ3v) is 6.64. The van der Waals surface area contributed by atoms with Crippen LogP contribution in [0.1, 0.15) is 123 Å². The first-order valence-corrected chi connectivity index (χ1v) is 13.6. The van der Waals surface area contributed by atoms with Crippen LogP contribution in [0.2, 0.25) is 11.8 Å². The maximum absolute atomic E-state index is 11.8. The van der Waals surface area contributed by atoms with E-state index in [9.17, 15) is 9.59 Å². The summed E-state index contributed by atoms with van der Waals surface area (Å²) in [4.78, 5) is 23.4. The molecule has 1 unspecified atom stereocenters. The quantitative estimate of drug-likeness (QED) is 0.229. The highest BCUT2D eigenvalue weighted by Crippen LogP contribution is 2.37. The lowest BCUT2D eigenvalue weighted by atomic mass is 9.41. The molecule has 0 radical (unpaired) electrons. The van der Waals surface area contributed by atoms with Crippen LogP contribution in [0.15, 0.2) is 24.3 Å². The molecule has 4 heteroatoms. The molecule has 2 atom stereocenters. The number of rotatable bonds is 12. The van der Waals surface area contributed by atoms with Gasteiger partial charge in [-0.1, -0.05) is 134 Å². The maximum atomic E-state index is 11.8. The van der Waals surface area contributed by atoms with Crippen LogP contribution in [0.25, 0.3) is 0 Å². The molecule has 0 spiro atoms. The summed E-state index contributed by atoms with van der Waals surface area (Å²) in [6.07, 6.45) is 16.3. The number of Topliss-reactive ketones (excluding diaryl/α,β-unsaturated/α-hetero) is 1. The lowest BCUT2D eigenvalue weighted by molar-refractivity contribution is -0.123. The number of ketones is 1. The summed E-state index contributed by atoms with van der Waals surface area (Å²) in [5.74, 6) is -0.0569. The Bertz CT molecular complexity index is 604. The summed E-state index contributed by atoms with van der Waals surface area (Å²) in [6.45, 7) is 12.0. The largest absolute Gasteiger partial charge is 0.311 e. The Kier molecular flexibility index (Phi) is 18.7. The number of carbonyl (C=O) groups is 2. The van der Waals surface area contributed by atoms with Crippen molar-refractivity contribution in [3.8, 4) is 0 Å². The van der Waals surface area contributed by atoms with E-state index < -0.39 is 0 Å². The molecule has 0 amide bonds. The second-order valence-electron chi connectivity index (χ2n) is 8.94. The molecule has 182 valence electrons. The number of carbonyl (C=O) groups excluding carboxylic acids is 2. The molecule has 1 fully saturated rings. The first kappa shape index (κ1) is 30.9. The molecule has 0 bridgehead atoms. The first-order chi connectivity index (χ1) is 15.4. The topological polar surface area (TPSA) is 34.1 Å². The Morgan fingerprint density at radius 2 is 1.28 bits per heavy atom. The van der Waals surface area contributed by atoms with E-state index in [1.807, 2.05) is 44.9 Å². The fourth-order valence-electron chi connectivity index (χ4n) is 4.42. The second-order valence-corrected chi connectivity index (χ2v) is 9.37. The van der Waals surface area contributed by atoms with Crippen LogP contribution in [0.4, 0.5) is 0 Å². The fraction of sp³-hybridized carbons (Fsp3) is 0.714. The highest BCUT2D eigenvalue weighted by molar-refractivity contribution is 6.91. The average molecular weight is 463 g/mol. The van der Waals surface area contributed by atoms with E-state index in [0.29, 0.717) is 11.4 Å². The Labute approximate surface area is 204 Å². The van der Waals surface area contributed by atoms with Crippen LogP contribution in [0, 0.1) is 5.92 Å². The van der Waals surface area contributed by atoms with Gasteiger partial charge in [0.1, 0.15) is 5.78 Å². The third kappa shape index (κ3) is 12.2. The van der Waals surface area contributed by atoms with Crippen LogP contribution < -0.4 is 0 Å². The summed E-state index contributed by atoms with van der Waals surface area (Å²) in [6, 6.07) is 7.45. The predicted octanol–water partition coefficient (Wildman–Crippen LogP) is 9.15. The van der Waals surface area contributed by atoms with E-state index in [1.54, 1.807) is 6.92 Å². The number of unbranched alkanes of at least 4 members (excludes halogenated alkanes) is 10. The molecule has 32 heavy (non-hydrogen) atoms. The van der Waals surface area contributed by atoms with E-state index in [1.165, 1.54) is 70.6 Å². The van der Waals surface area contributed by atoms with Crippen LogP contribution in [0.3, 0.4) is 0 Å². The number of benzene rings is 1. The highest BCUT2D eigenvalue weighted by atomic mass is 35.5. The number of halogens is 1. The molecular formula is C28H48BClO2. The van der Waals surface area contributed by atoms with Gasteiger partial charge in [0.2, 0.25) is 6.71 Å². The molecule has 1 aromatic rings. The fourth-order valence-corrected chi connectivity index (χ4v) is 4.54. The van der Waals surface area contributed by atoms with Crippen molar-refractivity contribution >= 4 is 29.8 Å². The van der Waals surface area contributed by atoms with E-state index in [2.05, 4.69) is 13.8 Å². The molecule has 0 saturated carbocycles. The number of hydrogen-bond acceptors (Lipinski definition) is 2. The highest BCUT2D eigenvalue weighted by Gasteiger charge is 2.44. The molecule has 1 aliphatic heterocycles. The van der Waals surface area contributed by atoms with Crippen LogP contribution in [-0.2, 0) is 9.59 Å².